The fraction of sp³-hybridized carbons (Fsp3) is 0.778. The highest BCUT2D eigenvalue weighted by Crippen LogP contribution is 2.30. The molecule has 1 aliphatic heterocycles. The molecule has 0 saturated carbocycles. The van der Waals surface area contributed by atoms with Gasteiger partial charge in [-0.1, -0.05) is 34.6 Å². The Kier molecular flexibility index (Phi) is 6.87. The van der Waals surface area contributed by atoms with Gasteiger partial charge < -0.3 is 19.7 Å². The summed E-state index contributed by atoms with van der Waals surface area (Å²) in [5.74, 6) is 0.0927. The number of aromatic nitrogens is 1. The number of nitrogens with zero attached hydrogens (tertiary/aromatic N) is 2. The third kappa shape index (κ3) is 5.28. The summed E-state index contributed by atoms with van der Waals surface area (Å²) in [6.07, 6.45) is -0.326. The lowest BCUT2D eigenvalue weighted by Gasteiger charge is -2.40. The minimum Gasteiger partial charge on any atom is -0.415 e. The Morgan fingerprint density at radius 1 is 1.42 bits per heavy atom. The fourth-order valence-corrected chi connectivity index (χ4v) is 5.05. The molecule has 1 aromatic rings. The molecule has 26 heavy (non-hydrogen) atoms. The number of anilines is 1. The van der Waals surface area contributed by atoms with Crippen molar-refractivity contribution in [2.75, 3.05) is 18.0 Å². The standard InChI is InChI=1S/C18H33N3O3SSi/c1-11(2)14(15(18(3,4)5)24-26(6)7)20-16(23)13-10-25-17(19-13)21-8-12(22)9-21/h10-12,14-15,22,26H,8-9H2,1-7H3,(H,20,23)/t14-,15?/m0/s1. The van der Waals surface area contributed by atoms with Crippen LogP contribution in [0.25, 0.3) is 0 Å². The summed E-state index contributed by atoms with van der Waals surface area (Å²) in [6, 6.07) is -0.0756. The van der Waals surface area contributed by atoms with Gasteiger partial charge >= 0.3 is 0 Å². The van der Waals surface area contributed by atoms with Gasteiger partial charge in [-0.15, -0.1) is 11.3 Å². The van der Waals surface area contributed by atoms with Crippen molar-refractivity contribution in [1.29, 1.82) is 0 Å². The van der Waals surface area contributed by atoms with E-state index in [0.717, 1.165) is 5.13 Å². The first kappa shape index (κ1) is 21.3. The van der Waals surface area contributed by atoms with Gasteiger partial charge in [0.1, 0.15) is 5.69 Å². The van der Waals surface area contributed by atoms with Crippen molar-refractivity contribution in [1.82, 2.24) is 10.3 Å². The van der Waals surface area contributed by atoms with Crippen molar-refractivity contribution >= 4 is 31.4 Å². The van der Waals surface area contributed by atoms with E-state index >= 15 is 0 Å². The van der Waals surface area contributed by atoms with Crippen LogP contribution in [0.5, 0.6) is 0 Å². The summed E-state index contributed by atoms with van der Waals surface area (Å²) in [5.41, 5.74) is 0.368. The predicted octanol–water partition coefficient (Wildman–Crippen LogP) is 2.49. The van der Waals surface area contributed by atoms with Crippen LogP contribution in [0.2, 0.25) is 13.1 Å². The van der Waals surface area contributed by atoms with Crippen LogP contribution < -0.4 is 10.2 Å². The quantitative estimate of drug-likeness (QED) is 0.689. The van der Waals surface area contributed by atoms with E-state index in [-0.39, 0.29) is 35.5 Å². The molecule has 1 saturated heterocycles. The first-order valence-corrected chi connectivity index (χ1v) is 13.0. The number of aliphatic hydroxyl groups is 1. The van der Waals surface area contributed by atoms with Crippen molar-refractivity contribution in [2.24, 2.45) is 11.3 Å². The minimum atomic E-state index is -1.25. The van der Waals surface area contributed by atoms with Crippen molar-refractivity contribution in [3.63, 3.8) is 0 Å². The lowest BCUT2D eigenvalue weighted by atomic mass is 9.81. The normalized spacial score (nSPS) is 18.2. The van der Waals surface area contributed by atoms with Crippen LogP contribution in [0.1, 0.15) is 45.1 Å². The number of hydrogen-bond acceptors (Lipinski definition) is 6. The van der Waals surface area contributed by atoms with Crippen molar-refractivity contribution < 1.29 is 14.3 Å². The molecule has 8 heteroatoms. The summed E-state index contributed by atoms with van der Waals surface area (Å²) in [6.45, 7) is 16.2. The number of β-amino-alcohol motifs (C(OH)–C–C–N with tert-alkyl or cyclic N) is 1. The Morgan fingerprint density at radius 2 is 2.04 bits per heavy atom. The molecule has 1 amide bonds. The summed E-state index contributed by atoms with van der Waals surface area (Å²) in [5, 5.41) is 15.2. The van der Waals surface area contributed by atoms with Crippen LogP contribution in [-0.4, -0.2) is 56.4 Å². The summed E-state index contributed by atoms with van der Waals surface area (Å²) in [4.78, 5) is 19.2. The zero-order valence-electron chi connectivity index (χ0n) is 16.9. The van der Waals surface area contributed by atoms with Gasteiger partial charge in [0.15, 0.2) is 14.2 Å². The summed E-state index contributed by atoms with van der Waals surface area (Å²) < 4.78 is 6.33. The van der Waals surface area contributed by atoms with E-state index in [0.29, 0.717) is 18.8 Å². The number of carbonyl (C=O) groups excluding carboxylic acids is 1. The minimum absolute atomic E-state index is 0.0400. The molecule has 0 spiro atoms. The molecule has 1 fully saturated rings. The third-order valence-corrected chi connectivity index (χ3v) is 6.21. The number of aliphatic hydroxyl groups excluding tert-OH is 1. The highest BCUT2D eigenvalue weighted by molar-refractivity contribution is 7.14. The molecule has 2 N–H and O–H groups in total. The molecule has 0 radical (unpaired) electrons. The van der Waals surface area contributed by atoms with Crippen molar-refractivity contribution in [2.45, 2.75) is 66.0 Å². The molecule has 0 aliphatic carbocycles. The highest BCUT2D eigenvalue weighted by atomic mass is 32.1. The van der Waals surface area contributed by atoms with E-state index in [4.69, 9.17) is 4.43 Å². The maximum atomic E-state index is 12.8. The maximum Gasteiger partial charge on any atom is 0.271 e. The van der Waals surface area contributed by atoms with Gasteiger partial charge in [0.05, 0.1) is 18.2 Å². The molecule has 2 heterocycles. The van der Waals surface area contributed by atoms with Crippen LogP contribution >= 0.6 is 11.3 Å². The highest BCUT2D eigenvalue weighted by Gasteiger charge is 2.37. The fourth-order valence-electron chi connectivity index (χ4n) is 3.06. The Balaban J connectivity index is 2.11. The number of carbonyl (C=O) groups is 1. The number of nitrogens with one attached hydrogen (secondary N) is 1. The molecule has 2 rings (SSSR count). The van der Waals surface area contributed by atoms with E-state index < -0.39 is 9.04 Å². The van der Waals surface area contributed by atoms with Gasteiger partial charge in [0.2, 0.25) is 0 Å². The molecule has 1 unspecified atom stereocenters. The Morgan fingerprint density at radius 3 is 2.50 bits per heavy atom. The van der Waals surface area contributed by atoms with Crippen LogP contribution in [0, 0.1) is 11.3 Å². The van der Waals surface area contributed by atoms with Crippen LogP contribution in [0.15, 0.2) is 5.38 Å². The molecule has 1 aliphatic rings. The Hall–Kier alpha value is -0.963. The third-order valence-electron chi connectivity index (χ3n) is 4.47. The van der Waals surface area contributed by atoms with Crippen LogP contribution in [0.4, 0.5) is 5.13 Å². The average Bonchev–Trinajstić information content (AvgIpc) is 2.95. The zero-order chi connectivity index (χ0) is 19.6. The molecule has 2 atom stereocenters. The van der Waals surface area contributed by atoms with E-state index in [2.05, 4.69) is 58.0 Å². The monoisotopic (exact) mass is 399 g/mol. The molecule has 0 bridgehead atoms. The van der Waals surface area contributed by atoms with E-state index in [1.807, 2.05) is 4.90 Å². The molecule has 1 aromatic heterocycles. The smallest absolute Gasteiger partial charge is 0.271 e. The lowest BCUT2D eigenvalue weighted by Crippen LogP contribution is -2.54. The topological polar surface area (TPSA) is 74.7 Å². The predicted molar refractivity (Wildman–Crippen MR) is 110 cm³/mol. The first-order valence-electron chi connectivity index (χ1n) is 9.34. The average molecular weight is 400 g/mol. The number of hydrogen-bond donors (Lipinski definition) is 2. The summed E-state index contributed by atoms with van der Waals surface area (Å²) >= 11 is 1.44. The molecular formula is C18H33N3O3SSi. The second-order valence-electron chi connectivity index (χ2n) is 8.79. The lowest BCUT2D eigenvalue weighted by molar-refractivity contribution is 0.0326. The van der Waals surface area contributed by atoms with Crippen molar-refractivity contribution in [3.8, 4) is 0 Å². The van der Waals surface area contributed by atoms with Gasteiger partial charge in [-0.05, 0) is 24.4 Å². The number of amides is 1. The second kappa shape index (κ2) is 8.37. The Bertz CT molecular complexity index is 609. The van der Waals surface area contributed by atoms with E-state index in [9.17, 15) is 9.90 Å². The molecule has 0 aromatic carbocycles. The largest absolute Gasteiger partial charge is 0.415 e. The van der Waals surface area contributed by atoms with E-state index in [1.165, 1.54) is 11.3 Å². The molecular weight excluding hydrogens is 366 g/mol. The molecule has 6 nitrogen and oxygen atoms in total. The number of rotatable bonds is 7. The second-order valence-corrected chi connectivity index (χ2v) is 12.0. The maximum absolute atomic E-state index is 12.8. The van der Waals surface area contributed by atoms with E-state index in [1.54, 1.807) is 5.38 Å². The van der Waals surface area contributed by atoms with Crippen LogP contribution in [-0.2, 0) is 4.43 Å². The van der Waals surface area contributed by atoms with Gasteiger partial charge in [0, 0.05) is 18.5 Å². The Labute approximate surface area is 162 Å². The van der Waals surface area contributed by atoms with Gasteiger partial charge in [0.25, 0.3) is 5.91 Å². The first-order chi connectivity index (χ1) is 12.0. The van der Waals surface area contributed by atoms with Gasteiger partial charge in [-0.25, -0.2) is 4.98 Å². The van der Waals surface area contributed by atoms with Crippen LogP contribution in [0.3, 0.4) is 0 Å². The zero-order valence-corrected chi connectivity index (χ0v) is 18.9. The SMILES string of the molecule is CC(C)[C@H](NC(=O)c1csc(N2CC(O)C2)n1)C(O[SiH](C)C)C(C)(C)C. The summed E-state index contributed by atoms with van der Waals surface area (Å²) in [7, 11) is -1.25. The van der Waals surface area contributed by atoms with Crippen molar-refractivity contribution in [3.05, 3.63) is 11.1 Å². The number of thiazole rings is 1. The van der Waals surface area contributed by atoms with Gasteiger partial charge in [-0.2, -0.15) is 0 Å². The molecule has 148 valence electrons. The van der Waals surface area contributed by atoms with Gasteiger partial charge in [-0.3, -0.25) is 4.79 Å².